The zero-order valence-corrected chi connectivity index (χ0v) is 12.7. The van der Waals surface area contributed by atoms with Crippen LogP contribution in [0.4, 0.5) is 5.69 Å². The lowest BCUT2D eigenvalue weighted by atomic mass is 10.1. The molecule has 2 rings (SSSR count). The van der Waals surface area contributed by atoms with Crippen LogP contribution in [0, 0.1) is 10.1 Å². The summed E-state index contributed by atoms with van der Waals surface area (Å²) in [6, 6.07) is 2.23. The zero-order valence-electron chi connectivity index (χ0n) is 11.8. The van der Waals surface area contributed by atoms with E-state index in [4.69, 9.17) is 9.79 Å². The van der Waals surface area contributed by atoms with Crippen LogP contribution in [0.3, 0.4) is 0 Å². The number of fused-ring (bicyclic) bond motifs is 1. The van der Waals surface area contributed by atoms with Crippen molar-refractivity contribution >= 4 is 24.3 Å². The lowest BCUT2D eigenvalue weighted by Crippen LogP contribution is -2.30. The van der Waals surface area contributed by atoms with Crippen LogP contribution < -0.4 is 16.4 Å². The Kier molecular flexibility index (Phi) is 4.48. The second-order valence-electron chi connectivity index (χ2n) is 4.84. The summed E-state index contributed by atoms with van der Waals surface area (Å²) in [7, 11) is -4.38. The molecule has 0 saturated heterocycles. The second kappa shape index (κ2) is 6.05. The molecule has 0 aliphatic carbocycles. The summed E-state index contributed by atoms with van der Waals surface area (Å²) >= 11 is 0. The zero-order chi connectivity index (χ0) is 17.4. The van der Waals surface area contributed by atoms with Gasteiger partial charge in [-0.3, -0.25) is 29.6 Å². The van der Waals surface area contributed by atoms with Gasteiger partial charge in [-0.25, -0.2) is 0 Å². The number of hydrogen-bond acceptors (Lipinski definition) is 6. The van der Waals surface area contributed by atoms with Crippen molar-refractivity contribution in [2.75, 3.05) is 0 Å². The first-order chi connectivity index (χ1) is 10.6. The number of nitrogens with zero attached hydrogens (tertiary/aromatic N) is 1. The molecule has 12 heteroatoms. The Morgan fingerprint density at radius 1 is 1.30 bits per heavy atom. The highest BCUT2D eigenvalue weighted by atomic mass is 31.2. The molecule has 0 aliphatic rings. The predicted molar refractivity (Wildman–Crippen MR) is 80.2 cm³/mol. The predicted octanol–water partition coefficient (Wildman–Crippen LogP) is -0.262. The van der Waals surface area contributed by atoms with Crippen LogP contribution in [0.2, 0.25) is 0 Å². The van der Waals surface area contributed by atoms with Crippen molar-refractivity contribution in [1.29, 1.82) is 0 Å². The number of non-ortho nitro benzene ring substituents is 1. The minimum Gasteiger partial charge on any atom is -0.323 e. The summed E-state index contributed by atoms with van der Waals surface area (Å²) in [6.07, 6.45) is 0. The van der Waals surface area contributed by atoms with Gasteiger partial charge in [0.2, 0.25) is 0 Å². The summed E-state index contributed by atoms with van der Waals surface area (Å²) in [5.74, 6) is -1.19. The molecular formula is C11H13N4O7P. The van der Waals surface area contributed by atoms with Gasteiger partial charge in [-0.15, -0.1) is 0 Å². The minimum absolute atomic E-state index is 0.0458. The highest BCUT2D eigenvalue weighted by molar-refractivity contribution is 7.52. The molecule has 0 radical (unpaired) electrons. The largest absolute Gasteiger partial charge is 0.342 e. The number of aromatic nitrogens is 2. The van der Waals surface area contributed by atoms with Crippen molar-refractivity contribution in [3.63, 3.8) is 0 Å². The molecule has 124 valence electrons. The van der Waals surface area contributed by atoms with Crippen molar-refractivity contribution in [1.82, 2.24) is 15.3 Å². The first kappa shape index (κ1) is 17.0. The highest BCUT2D eigenvalue weighted by Gasteiger charge is 2.23. The van der Waals surface area contributed by atoms with Crippen LogP contribution >= 0.6 is 7.60 Å². The van der Waals surface area contributed by atoms with E-state index < -0.39 is 29.4 Å². The average Bonchev–Trinajstić information content (AvgIpc) is 2.44. The molecule has 2 aromatic rings. The van der Waals surface area contributed by atoms with Crippen LogP contribution in [0.5, 0.6) is 0 Å². The van der Waals surface area contributed by atoms with Crippen LogP contribution in [-0.4, -0.2) is 30.5 Å². The van der Waals surface area contributed by atoms with Crippen LogP contribution in [-0.2, 0) is 11.1 Å². The molecular weight excluding hydrogens is 331 g/mol. The Balaban J connectivity index is 2.54. The van der Waals surface area contributed by atoms with Crippen molar-refractivity contribution in [2.45, 2.75) is 19.3 Å². The van der Waals surface area contributed by atoms with E-state index in [1.165, 1.54) is 6.92 Å². The number of aromatic amines is 2. The lowest BCUT2D eigenvalue weighted by molar-refractivity contribution is -0.384. The van der Waals surface area contributed by atoms with Gasteiger partial charge in [0.05, 0.1) is 16.0 Å². The van der Waals surface area contributed by atoms with Gasteiger partial charge in [-0.2, -0.15) is 0 Å². The fraction of sp³-hybridized carbons (Fsp3) is 0.273. The Labute approximate surface area is 127 Å². The molecule has 0 bridgehead atoms. The molecule has 0 fully saturated rings. The van der Waals surface area contributed by atoms with E-state index in [1.807, 2.05) is 0 Å². The number of rotatable bonds is 5. The van der Waals surface area contributed by atoms with E-state index in [-0.39, 0.29) is 28.8 Å². The summed E-state index contributed by atoms with van der Waals surface area (Å²) in [5.41, 5.74) is -1.82. The summed E-state index contributed by atoms with van der Waals surface area (Å²) in [6.45, 7) is 1.09. The van der Waals surface area contributed by atoms with E-state index >= 15 is 0 Å². The van der Waals surface area contributed by atoms with Crippen molar-refractivity contribution < 1.29 is 19.3 Å². The Bertz CT molecular complexity index is 928. The third kappa shape index (κ3) is 3.71. The first-order valence-electron chi connectivity index (χ1n) is 6.32. The molecule has 0 aliphatic heterocycles. The van der Waals surface area contributed by atoms with Crippen LogP contribution in [0.15, 0.2) is 21.7 Å². The quantitative estimate of drug-likeness (QED) is 0.213. The fourth-order valence-corrected chi connectivity index (χ4v) is 2.23. The molecule has 0 saturated carbocycles. The van der Waals surface area contributed by atoms with E-state index in [0.717, 1.165) is 12.1 Å². The van der Waals surface area contributed by atoms with Gasteiger partial charge in [0.25, 0.3) is 5.69 Å². The van der Waals surface area contributed by atoms with E-state index in [0.29, 0.717) is 0 Å². The van der Waals surface area contributed by atoms with Gasteiger partial charge >= 0.3 is 18.7 Å². The van der Waals surface area contributed by atoms with Gasteiger partial charge in [0.15, 0.2) is 0 Å². The number of nitro groups is 1. The standard InChI is InChI=1S/C11H13N4O7P/c1-5(23(20,21)22)12-4-6-2-7(15(18)19)3-8-9(6)14-11(17)10(16)13-8/h2-3,5,12H,4H2,1H3,(H,13,16)(H,14,17)(H2,20,21,22)/t5-/m1/s1. The molecule has 1 aromatic heterocycles. The molecule has 11 nitrogen and oxygen atoms in total. The Morgan fingerprint density at radius 3 is 2.48 bits per heavy atom. The third-order valence-electron chi connectivity index (χ3n) is 3.20. The van der Waals surface area contributed by atoms with Crippen molar-refractivity contribution in [2.24, 2.45) is 0 Å². The molecule has 1 heterocycles. The van der Waals surface area contributed by atoms with E-state index in [2.05, 4.69) is 15.3 Å². The van der Waals surface area contributed by atoms with Gasteiger partial charge in [-0.1, -0.05) is 0 Å². The minimum atomic E-state index is -4.38. The summed E-state index contributed by atoms with van der Waals surface area (Å²) < 4.78 is 11.1. The Hall–Kier alpha value is -2.33. The number of nitro benzene ring substituents is 1. The van der Waals surface area contributed by atoms with Gasteiger partial charge in [0.1, 0.15) is 5.78 Å². The number of H-pyrrole nitrogens is 2. The smallest absolute Gasteiger partial charge is 0.323 e. The molecule has 0 amide bonds. The first-order valence-corrected chi connectivity index (χ1v) is 8.00. The van der Waals surface area contributed by atoms with E-state index in [9.17, 15) is 24.3 Å². The molecule has 5 N–H and O–H groups in total. The maximum Gasteiger partial charge on any atom is 0.342 e. The summed E-state index contributed by atoms with van der Waals surface area (Å²) in [5, 5.41) is 13.5. The van der Waals surface area contributed by atoms with Gasteiger partial charge < -0.3 is 19.8 Å². The maximum atomic E-state index is 11.4. The van der Waals surface area contributed by atoms with Crippen molar-refractivity contribution in [3.8, 4) is 0 Å². The highest BCUT2D eigenvalue weighted by Crippen LogP contribution is 2.39. The summed E-state index contributed by atoms with van der Waals surface area (Å²) in [4.78, 5) is 55.6. The van der Waals surface area contributed by atoms with Gasteiger partial charge in [0, 0.05) is 18.7 Å². The second-order valence-corrected chi connectivity index (χ2v) is 6.79. The average molecular weight is 344 g/mol. The Morgan fingerprint density at radius 2 is 1.91 bits per heavy atom. The maximum absolute atomic E-state index is 11.4. The molecule has 0 spiro atoms. The number of hydrogen-bond donors (Lipinski definition) is 5. The monoisotopic (exact) mass is 344 g/mol. The molecule has 1 aromatic carbocycles. The van der Waals surface area contributed by atoms with Crippen molar-refractivity contribution in [3.05, 3.63) is 48.5 Å². The molecule has 1 atom stereocenters. The fourth-order valence-electron chi connectivity index (χ4n) is 1.90. The van der Waals surface area contributed by atoms with Crippen LogP contribution in [0.25, 0.3) is 11.0 Å². The van der Waals surface area contributed by atoms with Gasteiger partial charge in [-0.05, 0) is 12.5 Å². The van der Waals surface area contributed by atoms with E-state index in [1.54, 1.807) is 0 Å². The molecule has 23 heavy (non-hydrogen) atoms. The normalized spacial score (nSPS) is 13.2. The number of benzene rings is 1. The number of nitrogens with one attached hydrogen (secondary N) is 3. The van der Waals surface area contributed by atoms with Crippen LogP contribution in [0.1, 0.15) is 12.5 Å². The molecule has 0 unspecified atom stereocenters. The SMILES string of the molecule is C[C@H](NCc1cc([N+](=O)[O-])cc2[nH]c(=O)c(=O)[nH]c12)P(=O)(O)O. The topological polar surface area (TPSA) is 178 Å². The third-order valence-corrected chi connectivity index (χ3v) is 4.39. The lowest BCUT2D eigenvalue weighted by Gasteiger charge is -2.15.